The zero-order valence-electron chi connectivity index (χ0n) is 10.5. The van der Waals surface area contributed by atoms with Gasteiger partial charge in [-0.15, -0.1) is 11.3 Å². The molecule has 3 nitrogen and oxygen atoms in total. The van der Waals surface area contributed by atoms with E-state index in [0.29, 0.717) is 34.0 Å². The Balaban J connectivity index is 1.98. The summed E-state index contributed by atoms with van der Waals surface area (Å²) in [7, 11) is 0. The van der Waals surface area contributed by atoms with Gasteiger partial charge in [-0.25, -0.2) is 0 Å². The van der Waals surface area contributed by atoms with Crippen LogP contribution in [0.5, 0.6) is 0 Å². The summed E-state index contributed by atoms with van der Waals surface area (Å²) in [5.41, 5.74) is 0. The highest BCUT2D eigenvalue weighted by molar-refractivity contribution is 7.18. The number of hydrogen-bond acceptors (Lipinski definition) is 3. The lowest BCUT2D eigenvalue weighted by molar-refractivity contribution is -0.127. The van der Waals surface area contributed by atoms with Gasteiger partial charge in [0.25, 0.3) is 0 Å². The van der Waals surface area contributed by atoms with Crippen molar-refractivity contribution in [1.29, 1.82) is 0 Å². The highest BCUT2D eigenvalue weighted by Gasteiger charge is 2.32. The molecular formula is C13H16ClNO2S. The molecule has 0 spiro atoms. The molecule has 1 saturated heterocycles. The summed E-state index contributed by atoms with van der Waals surface area (Å²) in [5.74, 6) is 0.914. The van der Waals surface area contributed by atoms with Gasteiger partial charge in [-0.05, 0) is 24.0 Å². The molecule has 98 valence electrons. The van der Waals surface area contributed by atoms with Crippen LogP contribution < -0.4 is 0 Å². The molecule has 1 aromatic heterocycles. The Hall–Kier alpha value is -0.870. The number of thiophene rings is 1. The molecule has 1 unspecified atom stereocenters. The first-order valence-electron chi connectivity index (χ1n) is 6.03. The summed E-state index contributed by atoms with van der Waals surface area (Å²) in [5, 5.41) is 0. The van der Waals surface area contributed by atoms with Gasteiger partial charge in [0, 0.05) is 13.0 Å². The topological polar surface area (TPSA) is 37.4 Å². The van der Waals surface area contributed by atoms with Crippen LogP contribution in [-0.4, -0.2) is 29.7 Å². The van der Waals surface area contributed by atoms with Crippen molar-refractivity contribution in [2.75, 3.05) is 13.1 Å². The number of ketones is 1. The van der Waals surface area contributed by atoms with Gasteiger partial charge >= 0.3 is 0 Å². The van der Waals surface area contributed by atoms with Gasteiger partial charge in [0.15, 0.2) is 5.78 Å². The van der Waals surface area contributed by atoms with Crippen molar-refractivity contribution in [3.8, 4) is 0 Å². The number of halogens is 1. The Bertz CT molecular complexity index is 469. The van der Waals surface area contributed by atoms with Crippen molar-refractivity contribution < 1.29 is 9.59 Å². The molecule has 1 aromatic rings. The molecule has 0 radical (unpaired) electrons. The monoisotopic (exact) mass is 285 g/mol. The minimum atomic E-state index is -0.0235. The molecule has 0 aromatic carbocycles. The first-order valence-corrected chi connectivity index (χ1v) is 7.23. The molecule has 2 rings (SSSR count). The zero-order chi connectivity index (χ0) is 13.3. The van der Waals surface area contributed by atoms with Crippen LogP contribution in [0.15, 0.2) is 12.1 Å². The molecular weight excluding hydrogens is 270 g/mol. The highest BCUT2D eigenvalue weighted by Crippen LogP contribution is 2.26. The Morgan fingerprint density at radius 2 is 2.28 bits per heavy atom. The van der Waals surface area contributed by atoms with Crippen molar-refractivity contribution >= 4 is 34.6 Å². The summed E-state index contributed by atoms with van der Waals surface area (Å²) in [6.07, 6.45) is 0.566. The third kappa shape index (κ3) is 2.93. The third-order valence-corrected chi connectivity index (χ3v) is 4.64. The van der Waals surface area contributed by atoms with Crippen LogP contribution >= 0.6 is 22.9 Å². The van der Waals surface area contributed by atoms with Crippen LogP contribution in [0.2, 0.25) is 4.34 Å². The smallest absolute Gasteiger partial charge is 0.223 e. The van der Waals surface area contributed by atoms with Crippen molar-refractivity contribution in [3.63, 3.8) is 0 Å². The van der Waals surface area contributed by atoms with Crippen molar-refractivity contribution in [2.24, 2.45) is 11.8 Å². The van der Waals surface area contributed by atoms with Gasteiger partial charge < -0.3 is 4.90 Å². The minimum Gasteiger partial charge on any atom is -0.335 e. The quantitative estimate of drug-likeness (QED) is 0.797. The molecule has 18 heavy (non-hydrogen) atoms. The number of carbonyl (C=O) groups is 2. The SMILES string of the molecule is CC(C)C1CC(=O)N(CC(=O)c2ccc(Cl)s2)C1. The molecule has 1 fully saturated rings. The summed E-state index contributed by atoms with van der Waals surface area (Å²) in [4.78, 5) is 26.1. The van der Waals surface area contributed by atoms with E-state index < -0.39 is 0 Å². The first-order chi connectivity index (χ1) is 8.47. The van der Waals surface area contributed by atoms with Gasteiger partial charge in [-0.1, -0.05) is 25.4 Å². The predicted molar refractivity (Wildman–Crippen MR) is 73.2 cm³/mol. The molecule has 0 aliphatic carbocycles. The molecule has 0 bridgehead atoms. The molecule has 5 heteroatoms. The maximum absolute atomic E-state index is 12.0. The van der Waals surface area contributed by atoms with Gasteiger partial charge in [0.1, 0.15) is 0 Å². The van der Waals surface area contributed by atoms with E-state index in [0.717, 1.165) is 0 Å². The molecule has 0 N–H and O–H groups in total. The third-order valence-electron chi connectivity index (χ3n) is 3.37. The van der Waals surface area contributed by atoms with Crippen LogP contribution in [0.3, 0.4) is 0 Å². The summed E-state index contributed by atoms with van der Waals surface area (Å²) in [6, 6.07) is 3.43. The zero-order valence-corrected chi connectivity index (χ0v) is 12.1. The Morgan fingerprint density at radius 1 is 1.56 bits per heavy atom. The van der Waals surface area contributed by atoms with E-state index in [9.17, 15) is 9.59 Å². The molecule has 0 saturated carbocycles. The van der Waals surface area contributed by atoms with E-state index >= 15 is 0 Å². The first kappa shape index (κ1) is 13.6. The molecule has 1 aliphatic rings. The number of Topliss-reactive ketones (excluding diaryl/α,β-unsaturated/α-hetero) is 1. The fraction of sp³-hybridized carbons (Fsp3) is 0.538. The maximum atomic E-state index is 12.0. The van der Waals surface area contributed by atoms with Crippen molar-refractivity contribution in [3.05, 3.63) is 21.3 Å². The molecule has 1 amide bonds. The fourth-order valence-corrected chi connectivity index (χ4v) is 3.09. The maximum Gasteiger partial charge on any atom is 0.223 e. The van der Waals surface area contributed by atoms with E-state index in [1.807, 2.05) is 0 Å². The van der Waals surface area contributed by atoms with Crippen LogP contribution in [-0.2, 0) is 4.79 Å². The number of hydrogen-bond donors (Lipinski definition) is 0. The Labute approximate surface area is 116 Å². The standard InChI is InChI=1S/C13H16ClNO2S/c1-8(2)9-5-13(17)15(6-9)7-10(16)11-3-4-12(14)18-11/h3-4,8-9H,5-7H2,1-2H3. The van der Waals surface area contributed by atoms with Gasteiger partial charge in [-0.2, -0.15) is 0 Å². The summed E-state index contributed by atoms with van der Waals surface area (Å²) >= 11 is 7.07. The van der Waals surface area contributed by atoms with E-state index in [1.54, 1.807) is 17.0 Å². The lowest BCUT2D eigenvalue weighted by atomic mass is 9.95. The highest BCUT2D eigenvalue weighted by atomic mass is 35.5. The Kier molecular flexibility index (Phi) is 4.07. The van der Waals surface area contributed by atoms with Crippen molar-refractivity contribution in [2.45, 2.75) is 20.3 Å². The molecule has 1 aliphatic heterocycles. The summed E-state index contributed by atoms with van der Waals surface area (Å²) in [6.45, 7) is 5.10. The van der Waals surface area contributed by atoms with Crippen LogP contribution in [0, 0.1) is 11.8 Å². The lowest BCUT2D eigenvalue weighted by Gasteiger charge is -2.16. The normalized spacial score (nSPS) is 19.9. The molecule has 2 heterocycles. The Morgan fingerprint density at radius 3 is 2.78 bits per heavy atom. The van der Waals surface area contributed by atoms with Gasteiger partial charge in [0.05, 0.1) is 15.8 Å². The van der Waals surface area contributed by atoms with E-state index in [-0.39, 0.29) is 18.2 Å². The average Bonchev–Trinajstić information content (AvgIpc) is 2.86. The number of amides is 1. The van der Waals surface area contributed by atoms with Crippen molar-refractivity contribution in [1.82, 2.24) is 4.90 Å². The number of rotatable bonds is 4. The molecule has 1 atom stereocenters. The second-order valence-electron chi connectivity index (χ2n) is 5.01. The number of carbonyl (C=O) groups excluding carboxylic acids is 2. The number of nitrogens with zero attached hydrogens (tertiary/aromatic N) is 1. The lowest BCUT2D eigenvalue weighted by Crippen LogP contribution is -2.31. The van der Waals surface area contributed by atoms with Crippen LogP contribution in [0.1, 0.15) is 29.9 Å². The van der Waals surface area contributed by atoms with Gasteiger partial charge in [-0.3, -0.25) is 9.59 Å². The van der Waals surface area contributed by atoms with Crippen LogP contribution in [0.25, 0.3) is 0 Å². The second kappa shape index (κ2) is 5.41. The summed E-state index contributed by atoms with van der Waals surface area (Å²) < 4.78 is 0.603. The second-order valence-corrected chi connectivity index (χ2v) is 6.72. The van der Waals surface area contributed by atoms with E-state index in [1.165, 1.54) is 11.3 Å². The van der Waals surface area contributed by atoms with Gasteiger partial charge in [0.2, 0.25) is 5.91 Å². The fourth-order valence-electron chi connectivity index (χ4n) is 2.12. The predicted octanol–water partition coefficient (Wildman–Crippen LogP) is 3.09. The largest absolute Gasteiger partial charge is 0.335 e. The van der Waals surface area contributed by atoms with E-state index in [4.69, 9.17) is 11.6 Å². The number of likely N-dealkylation sites (tertiary alicyclic amines) is 1. The van der Waals surface area contributed by atoms with Crippen LogP contribution in [0.4, 0.5) is 0 Å². The average molecular weight is 286 g/mol. The van der Waals surface area contributed by atoms with E-state index in [2.05, 4.69) is 13.8 Å². The minimum absolute atomic E-state index is 0.0235.